The molecule has 0 amide bonds. The number of ether oxygens (including phenoxy) is 1. The Balaban J connectivity index is 2.10. The maximum Gasteiger partial charge on any atom is 0.128 e. The van der Waals surface area contributed by atoms with E-state index in [1.807, 2.05) is 6.07 Å². The molecule has 1 aromatic carbocycles. The molecule has 86 valence electrons. The van der Waals surface area contributed by atoms with Crippen LogP contribution in [-0.2, 0) is 12.8 Å². The zero-order chi connectivity index (χ0) is 11.1. The maximum atomic E-state index is 10.1. The Hall–Kier alpha value is -0.540. The molecule has 0 saturated carbocycles. The Kier molecular flexibility index (Phi) is 2.68. The molecule has 2 nitrogen and oxygen atoms in total. The lowest BCUT2D eigenvalue weighted by molar-refractivity contribution is 0.124. The Morgan fingerprint density at radius 1 is 1.25 bits per heavy atom. The van der Waals surface area contributed by atoms with Crippen molar-refractivity contribution in [2.75, 3.05) is 6.61 Å². The van der Waals surface area contributed by atoms with Crippen molar-refractivity contribution in [1.82, 2.24) is 0 Å². The van der Waals surface area contributed by atoms with Gasteiger partial charge in [-0.15, -0.1) is 0 Å². The number of benzene rings is 1. The Labute approximate surface area is 104 Å². The standard InChI is InChI=1S/C13H15BrO2/c14-11-7-16-13-9-4-2-1-3-8(9)5-6-10(13)12(11)15/h5-6,11-12,15H,1-4,7H2. The summed E-state index contributed by atoms with van der Waals surface area (Å²) in [6.45, 7) is 0.560. The van der Waals surface area contributed by atoms with Gasteiger partial charge in [0.15, 0.2) is 0 Å². The molecule has 0 radical (unpaired) electrons. The van der Waals surface area contributed by atoms with Crippen molar-refractivity contribution in [1.29, 1.82) is 0 Å². The zero-order valence-corrected chi connectivity index (χ0v) is 10.7. The summed E-state index contributed by atoms with van der Waals surface area (Å²) < 4.78 is 5.80. The molecule has 2 unspecified atom stereocenters. The van der Waals surface area contributed by atoms with Crippen LogP contribution in [0, 0.1) is 0 Å². The van der Waals surface area contributed by atoms with Crippen LogP contribution in [0.5, 0.6) is 5.75 Å². The van der Waals surface area contributed by atoms with Crippen LogP contribution in [0.4, 0.5) is 0 Å². The van der Waals surface area contributed by atoms with E-state index in [9.17, 15) is 5.11 Å². The van der Waals surface area contributed by atoms with Crippen molar-refractivity contribution in [3.63, 3.8) is 0 Å². The first-order chi connectivity index (χ1) is 7.77. The highest BCUT2D eigenvalue weighted by Crippen LogP contribution is 2.41. The van der Waals surface area contributed by atoms with Crippen LogP contribution < -0.4 is 4.74 Å². The van der Waals surface area contributed by atoms with Gasteiger partial charge in [0.1, 0.15) is 12.4 Å². The van der Waals surface area contributed by atoms with E-state index in [1.54, 1.807) is 0 Å². The van der Waals surface area contributed by atoms with Gasteiger partial charge in [-0.3, -0.25) is 0 Å². The molecule has 2 aliphatic rings. The Bertz CT molecular complexity index is 417. The van der Waals surface area contributed by atoms with Crippen LogP contribution in [-0.4, -0.2) is 16.5 Å². The Morgan fingerprint density at radius 3 is 2.94 bits per heavy atom. The van der Waals surface area contributed by atoms with Gasteiger partial charge in [-0.05, 0) is 36.8 Å². The molecule has 1 aliphatic carbocycles. The molecule has 3 heteroatoms. The molecule has 0 fully saturated rings. The summed E-state index contributed by atoms with van der Waals surface area (Å²) in [7, 11) is 0. The predicted octanol–water partition coefficient (Wildman–Crippen LogP) is 2.75. The van der Waals surface area contributed by atoms with Gasteiger partial charge < -0.3 is 9.84 Å². The minimum absolute atomic E-state index is 0.0154. The summed E-state index contributed by atoms with van der Waals surface area (Å²) in [6.07, 6.45) is 4.32. The molecular formula is C13H15BrO2. The molecule has 1 heterocycles. The van der Waals surface area contributed by atoms with Crippen molar-refractivity contribution in [2.24, 2.45) is 0 Å². The minimum atomic E-state index is -0.434. The zero-order valence-electron chi connectivity index (χ0n) is 9.08. The number of hydrogen-bond acceptors (Lipinski definition) is 2. The molecule has 16 heavy (non-hydrogen) atoms. The first-order valence-corrected chi connectivity index (χ1v) is 6.78. The van der Waals surface area contributed by atoms with E-state index in [0.717, 1.165) is 24.2 Å². The first-order valence-electron chi connectivity index (χ1n) is 5.87. The normalized spacial score (nSPS) is 27.9. The third-order valence-electron chi connectivity index (χ3n) is 3.56. The molecule has 0 saturated heterocycles. The summed E-state index contributed by atoms with van der Waals surface area (Å²) >= 11 is 3.44. The first kappa shape index (κ1) is 10.6. The molecule has 0 spiro atoms. The minimum Gasteiger partial charge on any atom is -0.492 e. The molecule has 1 aromatic rings. The van der Waals surface area contributed by atoms with Gasteiger partial charge in [-0.2, -0.15) is 0 Å². The van der Waals surface area contributed by atoms with E-state index < -0.39 is 6.10 Å². The molecule has 3 rings (SSSR count). The predicted molar refractivity (Wildman–Crippen MR) is 66.3 cm³/mol. The number of halogens is 1. The summed E-state index contributed by atoms with van der Waals surface area (Å²) in [5.41, 5.74) is 3.70. The largest absolute Gasteiger partial charge is 0.492 e. The fraction of sp³-hybridized carbons (Fsp3) is 0.538. The second-order valence-electron chi connectivity index (χ2n) is 4.60. The number of aliphatic hydroxyl groups is 1. The van der Waals surface area contributed by atoms with Crippen LogP contribution in [0.1, 0.15) is 35.6 Å². The molecule has 1 aliphatic heterocycles. The molecule has 0 bridgehead atoms. The van der Waals surface area contributed by atoms with Gasteiger partial charge in [0.25, 0.3) is 0 Å². The number of alkyl halides is 1. The smallest absolute Gasteiger partial charge is 0.128 e. The lowest BCUT2D eigenvalue weighted by atomic mass is 9.87. The monoisotopic (exact) mass is 282 g/mol. The van der Waals surface area contributed by atoms with Crippen molar-refractivity contribution in [3.05, 3.63) is 28.8 Å². The fourth-order valence-electron chi connectivity index (χ4n) is 2.66. The lowest BCUT2D eigenvalue weighted by Crippen LogP contribution is -2.27. The van der Waals surface area contributed by atoms with Crippen LogP contribution in [0.2, 0.25) is 0 Å². The van der Waals surface area contributed by atoms with E-state index >= 15 is 0 Å². The van der Waals surface area contributed by atoms with Crippen molar-refractivity contribution >= 4 is 15.9 Å². The average molecular weight is 283 g/mol. The van der Waals surface area contributed by atoms with Crippen LogP contribution in [0.15, 0.2) is 12.1 Å². The number of fused-ring (bicyclic) bond motifs is 3. The van der Waals surface area contributed by atoms with Crippen molar-refractivity contribution in [3.8, 4) is 5.75 Å². The van der Waals surface area contributed by atoms with E-state index in [2.05, 4.69) is 22.0 Å². The summed E-state index contributed by atoms with van der Waals surface area (Å²) in [5.74, 6) is 0.959. The topological polar surface area (TPSA) is 29.5 Å². The number of rotatable bonds is 0. The molecule has 1 N–H and O–H groups in total. The highest BCUT2D eigenvalue weighted by atomic mass is 79.9. The third kappa shape index (κ3) is 1.57. The second kappa shape index (κ2) is 4.04. The van der Waals surface area contributed by atoms with Gasteiger partial charge >= 0.3 is 0 Å². The number of aryl methyl sites for hydroxylation is 1. The van der Waals surface area contributed by atoms with Crippen molar-refractivity contribution in [2.45, 2.75) is 36.6 Å². The highest BCUT2D eigenvalue weighted by molar-refractivity contribution is 9.09. The van der Waals surface area contributed by atoms with Crippen molar-refractivity contribution < 1.29 is 9.84 Å². The Morgan fingerprint density at radius 2 is 2.06 bits per heavy atom. The average Bonchev–Trinajstić information content (AvgIpc) is 2.33. The van der Waals surface area contributed by atoms with Crippen LogP contribution in [0.25, 0.3) is 0 Å². The van der Waals surface area contributed by atoms with E-state index in [4.69, 9.17) is 4.74 Å². The SMILES string of the molecule is OC1c2ccc3c(c2OCC1Br)CCCC3. The summed E-state index contributed by atoms with van der Waals surface area (Å²) in [6, 6.07) is 4.18. The van der Waals surface area contributed by atoms with Crippen LogP contribution >= 0.6 is 15.9 Å². The summed E-state index contributed by atoms with van der Waals surface area (Å²) in [5, 5.41) is 10.1. The van der Waals surface area contributed by atoms with Gasteiger partial charge in [-0.25, -0.2) is 0 Å². The number of aliphatic hydroxyl groups excluding tert-OH is 1. The second-order valence-corrected chi connectivity index (χ2v) is 5.78. The molecule has 0 aromatic heterocycles. The quantitative estimate of drug-likeness (QED) is 0.742. The van der Waals surface area contributed by atoms with Gasteiger partial charge in [0.2, 0.25) is 0 Å². The van der Waals surface area contributed by atoms with Gasteiger partial charge in [-0.1, -0.05) is 28.1 Å². The molecule has 2 atom stereocenters. The number of hydrogen-bond donors (Lipinski definition) is 1. The third-order valence-corrected chi connectivity index (χ3v) is 4.32. The molecular weight excluding hydrogens is 268 g/mol. The van der Waals surface area contributed by atoms with E-state index in [-0.39, 0.29) is 4.83 Å². The van der Waals surface area contributed by atoms with Gasteiger partial charge in [0, 0.05) is 5.56 Å². The van der Waals surface area contributed by atoms with E-state index in [0.29, 0.717) is 6.61 Å². The fourth-order valence-corrected chi connectivity index (χ4v) is 3.08. The highest BCUT2D eigenvalue weighted by Gasteiger charge is 2.30. The lowest BCUT2D eigenvalue weighted by Gasteiger charge is -2.30. The van der Waals surface area contributed by atoms with Crippen LogP contribution in [0.3, 0.4) is 0 Å². The maximum absolute atomic E-state index is 10.1. The van der Waals surface area contributed by atoms with Gasteiger partial charge in [0.05, 0.1) is 10.9 Å². The summed E-state index contributed by atoms with van der Waals surface area (Å²) in [4.78, 5) is 0.0154. The van der Waals surface area contributed by atoms with E-state index in [1.165, 1.54) is 24.0 Å².